The van der Waals surface area contributed by atoms with Crippen LogP contribution in [0.4, 0.5) is 5.69 Å². The monoisotopic (exact) mass is 378 g/mol. The topological polar surface area (TPSA) is 79.3 Å². The molecule has 0 radical (unpaired) electrons. The number of carbonyl (C=O) groups is 2. The van der Waals surface area contributed by atoms with E-state index in [4.69, 9.17) is 16.7 Å². The summed E-state index contributed by atoms with van der Waals surface area (Å²) in [6, 6.07) is 1.69. The van der Waals surface area contributed by atoms with Crippen LogP contribution in [0.5, 0.6) is 0 Å². The molecule has 98 valence electrons. The van der Waals surface area contributed by atoms with Crippen molar-refractivity contribution in [3.8, 4) is 0 Å². The molecule has 0 atom stereocenters. The van der Waals surface area contributed by atoms with E-state index >= 15 is 0 Å². The van der Waals surface area contributed by atoms with Gasteiger partial charge in [-0.3, -0.25) is 0 Å². The van der Waals surface area contributed by atoms with Crippen LogP contribution in [0.3, 0.4) is 0 Å². The number of nitrogens with zero attached hydrogens (tertiary/aromatic N) is 1. The molecule has 0 saturated carbocycles. The van der Waals surface area contributed by atoms with Crippen LogP contribution in [0.2, 0.25) is 19.8 Å². The second kappa shape index (κ2) is 5.44. The third kappa shape index (κ3) is 3.58. The molecule has 1 heterocycles. The molecular formula is C11H15ClN2O3Sn. The first kappa shape index (κ1) is 15.2. The molecule has 1 amide bonds. The summed E-state index contributed by atoms with van der Waals surface area (Å²) in [5.41, 5.74) is 0.114. The van der Waals surface area contributed by atoms with Crippen LogP contribution < -0.4 is 9.03 Å². The maximum absolute atomic E-state index is 11.1. The number of anilines is 1. The van der Waals surface area contributed by atoms with E-state index < -0.39 is 24.3 Å². The van der Waals surface area contributed by atoms with E-state index in [9.17, 15) is 9.59 Å². The minimum absolute atomic E-state index is 0.0306. The van der Waals surface area contributed by atoms with E-state index in [-0.39, 0.29) is 16.6 Å². The molecule has 0 aliphatic heterocycles. The summed E-state index contributed by atoms with van der Waals surface area (Å²) in [7, 11) is 0. The summed E-state index contributed by atoms with van der Waals surface area (Å²) < 4.78 is 0.759. The third-order valence-electron chi connectivity index (χ3n) is 2.24. The van der Waals surface area contributed by atoms with Crippen molar-refractivity contribution in [1.82, 2.24) is 4.98 Å². The zero-order valence-corrected chi connectivity index (χ0v) is 14.3. The molecule has 1 aromatic rings. The molecule has 0 fully saturated rings. The normalized spacial score (nSPS) is 11.2. The number of halogens is 1. The van der Waals surface area contributed by atoms with Crippen LogP contribution in [0.1, 0.15) is 17.4 Å². The summed E-state index contributed by atoms with van der Waals surface area (Å²) in [6.45, 7) is 1.34. The molecule has 0 spiro atoms. The second-order valence-corrected chi connectivity index (χ2v) is 19.6. The first-order valence-corrected chi connectivity index (χ1v) is 15.7. The molecule has 18 heavy (non-hydrogen) atoms. The van der Waals surface area contributed by atoms with Gasteiger partial charge in [0.2, 0.25) is 0 Å². The van der Waals surface area contributed by atoms with Crippen molar-refractivity contribution in [2.24, 2.45) is 0 Å². The molecule has 0 aliphatic carbocycles. The predicted octanol–water partition coefficient (Wildman–Crippen LogP) is 1.94. The summed E-state index contributed by atoms with van der Waals surface area (Å²) in [5, 5.41) is 11.6. The van der Waals surface area contributed by atoms with Crippen LogP contribution >= 0.6 is 11.6 Å². The van der Waals surface area contributed by atoms with E-state index in [1.807, 2.05) is 0 Å². The fourth-order valence-corrected chi connectivity index (χ4v) is 4.49. The summed E-state index contributed by atoms with van der Waals surface area (Å²) in [6.07, 6.45) is 0. The number of aromatic nitrogens is 1. The molecule has 1 rings (SSSR count). The SMILES string of the molecule is CC(=O)Nc1c[c]([Sn]([CH3])([CH3])[CH3])nc(C(=O)O)c1Cl. The molecular weight excluding hydrogens is 362 g/mol. The fourth-order valence-electron chi connectivity index (χ4n) is 1.34. The Bertz CT molecular complexity index is 512. The first-order chi connectivity index (χ1) is 8.12. The van der Waals surface area contributed by atoms with Crippen molar-refractivity contribution in [3.63, 3.8) is 0 Å². The van der Waals surface area contributed by atoms with Crippen molar-refractivity contribution in [3.05, 3.63) is 16.8 Å². The number of carbonyl (C=O) groups excluding carboxylic acids is 1. The van der Waals surface area contributed by atoms with Crippen molar-refractivity contribution < 1.29 is 14.7 Å². The first-order valence-electron chi connectivity index (χ1n) is 5.35. The number of aromatic carboxylic acids is 1. The van der Waals surface area contributed by atoms with Crippen molar-refractivity contribution in [1.29, 1.82) is 0 Å². The van der Waals surface area contributed by atoms with Crippen LogP contribution in [-0.4, -0.2) is 40.3 Å². The van der Waals surface area contributed by atoms with Gasteiger partial charge in [0.15, 0.2) is 0 Å². The zero-order chi connectivity index (χ0) is 14.1. The summed E-state index contributed by atoms with van der Waals surface area (Å²) >= 11 is 3.39. The number of pyridine rings is 1. The average Bonchev–Trinajstić information content (AvgIpc) is 2.18. The van der Waals surface area contributed by atoms with Crippen LogP contribution in [0, 0.1) is 0 Å². The van der Waals surface area contributed by atoms with Crippen LogP contribution in [0.25, 0.3) is 0 Å². The third-order valence-corrected chi connectivity index (χ3v) is 7.74. The Balaban J connectivity index is 3.46. The Kier molecular flexibility index (Phi) is 4.60. The molecule has 0 aromatic carbocycles. The summed E-state index contributed by atoms with van der Waals surface area (Å²) in [5.74, 6) is -1.49. The zero-order valence-electron chi connectivity index (χ0n) is 10.7. The Hall–Kier alpha value is -0.821. The molecule has 1 aromatic heterocycles. The number of amides is 1. The Morgan fingerprint density at radius 3 is 2.33 bits per heavy atom. The van der Waals surface area contributed by atoms with Gasteiger partial charge >= 0.3 is 115 Å². The van der Waals surface area contributed by atoms with Gasteiger partial charge in [0, 0.05) is 0 Å². The number of rotatable bonds is 3. The van der Waals surface area contributed by atoms with E-state index in [1.54, 1.807) is 6.07 Å². The number of carboxylic acids is 1. The Morgan fingerprint density at radius 1 is 1.39 bits per heavy atom. The van der Waals surface area contributed by atoms with Crippen molar-refractivity contribution in [2.45, 2.75) is 21.7 Å². The van der Waals surface area contributed by atoms with Gasteiger partial charge in [-0.25, -0.2) is 0 Å². The molecule has 0 unspecified atom stereocenters. The molecule has 0 saturated heterocycles. The van der Waals surface area contributed by atoms with E-state index in [0.29, 0.717) is 5.69 Å². The molecule has 7 heteroatoms. The molecule has 2 N–H and O–H groups in total. The van der Waals surface area contributed by atoms with E-state index in [0.717, 1.165) is 3.71 Å². The van der Waals surface area contributed by atoms with Crippen molar-refractivity contribution in [2.75, 3.05) is 5.32 Å². The van der Waals surface area contributed by atoms with Gasteiger partial charge in [-0.15, -0.1) is 0 Å². The number of nitrogens with one attached hydrogen (secondary N) is 1. The molecule has 0 bridgehead atoms. The van der Waals surface area contributed by atoms with Crippen molar-refractivity contribution >= 4 is 51.3 Å². The average molecular weight is 377 g/mol. The number of hydrogen-bond donors (Lipinski definition) is 2. The fraction of sp³-hybridized carbons (Fsp3) is 0.364. The second-order valence-electron chi connectivity index (χ2n) is 4.95. The van der Waals surface area contributed by atoms with Gasteiger partial charge in [0.25, 0.3) is 0 Å². The molecule has 5 nitrogen and oxygen atoms in total. The predicted molar refractivity (Wildman–Crippen MR) is 73.5 cm³/mol. The number of carboxylic acid groups (broad SMARTS) is 1. The van der Waals surface area contributed by atoms with E-state index in [1.165, 1.54) is 6.92 Å². The number of hydrogen-bond acceptors (Lipinski definition) is 3. The van der Waals surface area contributed by atoms with Gasteiger partial charge in [0.1, 0.15) is 0 Å². The Labute approximate surface area is 114 Å². The standard InChI is InChI=1S/C8H6ClN2O3.3CH3.Sn/c1-4(12)11-5-2-3-10-7(6(5)9)8(13)14;;;;/h2H,1H3,(H,13,14)(H,10,11,12);3*1H3;. The van der Waals surface area contributed by atoms with E-state index in [2.05, 4.69) is 25.1 Å². The molecule has 0 aliphatic rings. The quantitative estimate of drug-likeness (QED) is 0.789. The van der Waals surface area contributed by atoms with Gasteiger partial charge < -0.3 is 0 Å². The van der Waals surface area contributed by atoms with Crippen LogP contribution in [-0.2, 0) is 4.79 Å². The minimum atomic E-state index is -2.55. The van der Waals surface area contributed by atoms with Gasteiger partial charge in [-0.2, -0.15) is 0 Å². The van der Waals surface area contributed by atoms with Gasteiger partial charge in [-0.1, -0.05) is 0 Å². The van der Waals surface area contributed by atoms with Gasteiger partial charge in [0.05, 0.1) is 0 Å². The Morgan fingerprint density at radius 2 is 1.94 bits per heavy atom. The summed E-state index contributed by atoms with van der Waals surface area (Å²) in [4.78, 5) is 32.6. The van der Waals surface area contributed by atoms with Crippen LogP contribution in [0.15, 0.2) is 6.07 Å². The maximum atomic E-state index is 11.1. The van der Waals surface area contributed by atoms with Gasteiger partial charge in [-0.05, 0) is 0 Å².